The molecule has 0 heterocycles. The summed E-state index contributed by atoms with van der Waals surface area (Å²) in [5.74, 6) is -1.92. The fourth-order valence-electron chi connectivity index (χ4n) is 3.49. The number of hydrogen-bond acceptors (Lipinski definition) is 4. The van der Waals surface area contributed by atoms with Crippen LogP contribution in [0.5, 0.6) is 0 Å². The maximum absolute atomic E-state index is 13.4. The van der Waals surface area contributed by atoms with Crippen molar-refractivity contribution in [3.63, 3.8) is 0 Å². The number of carboxylic acids is 1. The van der Waals surface area contributed by atoms with Gasteiger partial charge in [0.05, 0.1) is 0 Å². The van der Waals surface area contributed by atoms with Crippen LogP contribution in [-0.2, 0) is 14.4 Å². The molecule has 174 valence electrons. The maximum Gasteiger partial charge on any atom is 0.328 e. The van der Waals surface area contributed by atoms with Crippen LogP contribution in [0.15, 0.2) is 114 Å². The first kappa shape index (κ1) is 23.8. The highest BCUT2D eigenvalue weighted by molar-refractivity contribution is 8.00. The van der Waals surface area contributed by atoms with Gasteiger partial charge in [0.2, 0.25) is 11.8 Å². The largest absolute Gasteiger partial charge is 0.478 e. The highest BCUT2D eigenvalue weighted by Gasteiger charge is 2.22. The molecule has 3 N–H and O–H groups in total. The number of carbonyl (C=O) groups is 3. The second kappa shape index (κ2) is 11.2. The molecular formula is C28H22N2O4S. The number of thioether (sulfide) groups is 1. The number of hydrogen-bond donors (Lipinski definition) is 3. The molecule has 0 saturated carbocycles. The molecule has 1 atom stereocenters. The SMILES string of the molecule is O=C(O)/C=C/C(=O)Nc1cccc(SC(C(=O)Nc2ccc3ccccc3c2)c2ccccc2)c1. The lowest BCUT2D eigenvalue weighted by molar-refractivity contribution is -0.131. The van der Waals surface area contributed by atoms with Gasteiger partial charge in [-0.3, -0.25) is 9.59 Å². The summed E-state index contributed by atoms with van der Waals surface area (Å²) in [5.41, 5.74) is 2.05. The molecule has 1 unspecified atom stereocenters. The smallest absolute Gasteiger partial charge is 0.328 e. The van der Waals surface area contributed by atoms with E-state index in [9.17, 15) is 14.4 Å². The first-order valence-corrected chi connectivity index (χ1v) is 11.7. The van der Waals surface area contributed by atoms with Gasteiger partial charge in [0.25, 0.3) is 0 Å². The van der Waals surface area contributed by atoms with Crippen molar-refractivity contribution in [1.82, 2.24) is 0 Å². The van der Waals surface area contributed by atoms with Crippen molar-refractivity contribution in [2.24, 2.45) is 0 Å². The molecule has 6 nitrogen and oxygen atoms in total. The molecule has 0 aliphatic carbocycles. The summed E-state index contributed by atoms with van der Waals surface area (Å²) in [6.45, 7) is 0. The van der Waals surface area contributed by atoms with Crippen molar-refractivity contribution in [2.75, 3.05) is 10.6 Å². The molecule has 4 aromatic carbocycles. The van der Waals surface area contributed by atoms with Gasteiger partial charge in [-0.25, -0.2) is 4.79 Å². The summed E-state index contributed by atoms with van der Waals surface area (Å²) in [6, 6.07) is 30.3. The molecule has 0 spiro atoms. The Bertz CT molecular complexity index is 1400. The van der Waals surface area contributed by atoms with Crippen LogP contribution in [0.25, 0.3) is 10.8 Å². The van der Waals surface area contributed by atoms with E-state index in [-0.39, 0.29) is 5.91 Å². The zero-order chi connectivity index (χ0) is 24.6. The Labute approximate surface area is 206 Å². The number of benzene rings is 4. The van der Waals surface area contributed by atoms with E-state index in [0.29, 0.717) is 11.4 Å². The third-order valence-corrected chi connectivity index (χ3v) is 6.34. The maximum atomic E-state index is 13.4. The van der Waals surface area contributed by atoms with Crippen molar-refractivity contribution >= 4 is 51.7 Å². The first-order valence-electron chi connectivity index (χ1n) is 10.8. The van der Waals surface area contributed by atoms with Gasteiger partial charge < -0.3 is 15.7 Å². The second-order valence-corrected chi connectivity index (χ2v) is 8.83. The van der Waals surface area contributed by atoms with Gasteiger partial charge in [-0.05, 0) is 46.7 Å². The first-order chi connectivity index (χ1) is 17.0. The van der Waals surface area contributed by atoms with E-state index >= 15 is 0 Å². The molecule has 4 aromatic rings. The van der Waals surface area contributed by atoms with Crippen molar-refractivity contribution in [3.05, 3.63) is 115 Å². The van der Waals surface area contributed by atoms with Crippen molar-refractivity contribution in [2.45, 2.75) is 10.1 Å². The fourth-order valence-corrected chi connectivity index (χ4v) is 4.57. The van der Waals surface area contributed by atoms with Crippen molar-refractivity contribution in [3.8, 4) is 0 Å². The highest BCUT2D eigenvalue weighted by atomic mass is 32.2. The summed E-state index contributed by atoms with van der Waals surface area (Å²) in [6.07, 6.45) is 1.72. The number of carbonyl (C=O) groups excluding carboxylic acids is 2. The van der Waals surface area contributed by atoms with Gasteiger partial charge in [0, 0.05) is 28.4 Å². The van der Waals surface area contributed by atoms with Crippen LogP contribution in [0, 0.1) is 0 Å². The molecule has 0 aromatic heterocycles. The van der Waals surface area contributed by atoms with Gasteiger partial charge in [0.1, 0.15) is 5.25 Å². The van der Waals surface area contributed by atoms with E-state index in [1.54, 1.807) is 18.2 Å². The third-order valence-electron chi connectivity index (χ3n) is 5.09. The van der Waals surface area contributed by atoms with Gasteiger partial charge in [0.15, 0.2) is 0 Å². The Kier molecular flexibility index (Phi) is 7.60. The highest BCUT2D eigenvalue weighted by Crippen LogP contribution is 2.37. The average Bonchev–Trinajstić information content (AvgIpc) is 2.86. The molecule has 4 rings (SSSR count). The molecule has 35 heavy (non-hydrogen) atoms. The lowest BCUT2D eigenvalue weighted by Gasteiger charge is -2.18. The standard InChI is InChI=1S/C28H22N2O4S/c31-25(15-16-26(32)33)29-22-11-6-12-24(18-22)35-27(20-8-2-1-3-9-20)28(34)30-23-14-13-19-7-4-5-10-21(19)17-23/h1-18,27H,(H,29,31)(H,30,34)(H,32,33)/b16-15+. The van der Waals surface area contributed by atoms with Crippen LogP contribution < -0.4 is 10.6 Å². The number of nitrogens with one attached hydrogen (secondary N) is 2. The fraction of sp³-hybridized carbons (Fsp3) is 0.0357. The number of carboxylic acid groups (broad SMARTS) is 1. The third kappa shape index (κ3) is 6.59. The van der Waals surface area contributed by atoms with E-state index in [4.69, 9.17) is 5.11 Å². The van der Waals surface area contributed by atoms with E-state index < -0.39 is 17.1 Å². The van der Waals surface area contributed by atoms with Crippen LogP contribution in [0.3, 0.4) is 0 Å². The van der Waals surface area contributed by atoms with Crippen LogP contribution in [0.4, 0.5) is 11.4 Å². The van der Waals surface area contributed by atoms with E-state index in [2.05, 4.69) is 10.6 Å². The number of aliphatic carboxylic acids is 1. The minimum absolute atomic E-state index is 0.171. The molecule has 7 heteroatoms. The van der Waals surface area contributed by atoms with Gasteiger partial charge in [-0.2, -0.15) is 0 Å². The lowest BCUT2D eigenvalue weighted by Crippen LogP contribution is -2.19. The van der Waals surface area contributed by atoms with Gasteiger partial charge in [-0.1, -0.05) is 66.7 Å². The number of anilines is 2. The van der Waals surface area contributed by atoms with E-state index in [1.165, 1.54) is 11.8 Å². The van der Waals surface area contributed by atoms with Gasteiger partial charge in [-0.15, -0.1) is 11.8 Å². The van der Waals surface area contributed by atoms with E-state index in [0.717, 1.165) is 33.4 Å². The van der Waals surface area contributed by atoms with Crippen LogP contribution >= 0.6 is 11.8 Å². The quantitative estimate of drug-likeness (QED) is 0.215. The second-order valence-electron chi connectivity index (χ2n) is 7.65. The predicted octanol–water partition coefficient (Wildman–Crippen LogP) is 5.89. The molecular weight excluding hydrogens is 460 g/mol. The van der Waals surface area contributed by atoms with Gasteiger partial charge >= 0.3 is 5.97 Å². The minimum atomic E-state index is -1.20. The van der Waals surface area contributed by atoms with Crippen molar-refractivity contribution in [1.29, 1.82) is 0 Å². The summed E-state index contributed by atoms with van der Waals surface area (Å²) in [4.78, 5) is 36.7. The molecule has 0 saturated heterocycles. The summed E-state index contributed by atoms with van der Waals surface area (Å²) in [7, 11) is 0. The lowest BCUT2D eigenvalue weighted by atomic mass is 10.1. The Morgan fingerprint density at radius 2 is 1.43 bits per heavy atom. The van der Waals surface area contributed by atoms with E-state index in [1.807, 2.05) is 78.9 Å². The molecule has 2 amide bonds. The Balaban J connectivity index is 1.55. The molecule has 0 bridgehead atoms. The average molecular weight is 483 g/mol. The summed E-state index contributed by atoms with van der Waals surface area (Å²) < 4.78 is 0. The molecule has 0 radical (unpaired) electrons. The van der Waals surface area contributed by atoms with Crippen LogP contribution in [0.2, 0.25) is 0 Å². The zero-order valence-corrected chi connectivity index (χ0v) is 19.4. The minimum Gasteiger partial charge on any atom is -0.478 e. The number of amides is 2. The molecule has 0 aliphatic rings. The van der Waals surface area contributed by atoms with Crippen molar-refractivity contribution < 1.29 is 19.5 Å². The monoisotopic (exact) mass is 482 g/mol. The molecule has 0 aliphatic heterocycles. The Morgan fingerprint density at radius 3 is 2.20 bits per heavy atom. The Morgan fingerprint density at radius 1 is 0.714 bits per heavy atom. The molecule has 0 fully saturated rings. The normalized spacial score (nSPS) is 11.8. The zero-order valence-electron chi connectivity index (χ0n) is 18.5. The topological polar surface area (TPSA) is 95.5 Å². The number of fused-ring (bicyclic) bond motifs is 1. The Hall–Kier alpha value is -4.36. The summed E-state index contributed by atoms with van der Waals surface area (Å²) in [5, 5.41) is 15.9. The predicted molar refractivity (Wildman–Crippen MR) is 139 cm³/mol. The number of rotatable bonds is 8. The summed E-state index contributed by atoms with van der Waals surface area (Å²) >= 11 is 1.36. The van der Waals surface area contributed by atoms with Crippen LogP contribution in [0.1, 0.15) is 10.8 Å². The van der Waals surface area contributed by atoms with Crippen LogP contribution in [-0.4, -0.2) is 22.9 Å².